The molecule has 0 N–H and O–H groups in total. The van der Waals surface area contributed by atoms with Gasteiger partial charge >= 0.3 is 5.97 Å². The van der Waals surface area contributed by atoms with Gasteiger partial charge in [-0.25, -0.2) is 19.2 Å². The van der Waals surface area contributed by atoms with E-state index in [1.54, 1.807) is 24.3 Å². The van der Waals surface area contributed by atoms with Gasteiger partial charge in [0.1, 0.15) is 18.2 Å². The summed E-state index contributed by atoms with van der Waals surface area (Å²) in [6.45, 7) is 5.29. The van der Waals surface area contributed by atoms with Crippen LogP contribution in [-0.2, 0) is 29.2 Å². The molecule has 1 atom stereocenters. The van der Waals surface area contributed by atoms with Crippen molar-refractivity contribution in [3.8, 4) is 5.88 Å². The molecule has 10 heteroatoms. The second-order valence-corrected chi connectivity index (χ2v) is 11.2. The number of benzene rings is 2. The summed E-state index contributed by atoms with van der Waals surface area (Å²) >= 11 is 0. The first-order chi connectivity index (χ1) is 20.9. The summed E-state index contributed by atoms with van der Waals surface area (Å²) in [6.07, 6.45) is 3.03. The molecule has 9 nitrogen and oxygen atoms in total. The number of piperidine rings is 1. The third-order valence-corrected chi connectivity index (χ3v) is 8.38. The van der Waals surface area contributed by atoms with Gasteiger partial charge in [0.05, 0.1) is 48.5 Å². The molecule has 2 aromatic heterocycles. The molecule has 224 valence electrons. The number of hydrogen-bond acceptors (Lipinski definition) is 8. The minimum Gasteiger partial charge on any atom is -0.473 e. The number of nitrogens with zero attached hydrogens (tertiary/aromatic N) is 4. The van der Waals surface area contributed by atoms with Crippen LogP contribution >= 0.6 is 0 Å². The maximum Gasteiger partial charge on any atom is 0.337 e. The average molecular weight is 587 g/mol. The fourth-order valence-electron chi connectivity index (χ4n) is 5.81. The summed E-state index contributed by atoms with van der Waals surface area (Å²) < 4.78 is 33.3. The Morgan fingerprint density at radius 3 is 2.56 bits per heavy atom. The molecule has 0 saturated carbocycles. The molecule has 4 aromatic rings. The summed E-state index contributed by atoms with van der Waals surface area (Å²) in [6, 6.07) is 16.0. The van der Waals surface area contributed by atoms with Crippen LogP contribution in [0.2, 0.25) is 0 Å². The van der Waals surface area contributed by atoms with Gasteiger partial charge in [-0.05, 0) is 69.6 Å². The predicted molar refractivity (Wildman–Crippen MR) is 158 cm³/mol. The molecule has 0 spiro atoms. The van der Waals surface area contributed by atoms with Gasteiger partial charge in [-0.1, -0.05) is 18.2 Å². The van der Waals surface area contributed by atoms with E-state index < -0.39 is 5.82 Å². The largest absolute Gasteiger partial charge is 0.473 e. The van der Waals surface area contributed by atoms with E-state index >= 15 is 0 Å². The number of carbonyl (C=O) groups excluding carboxylic acids is 2. The Morgan fingerprint density at radius 1 is 1.05 bits per heavy atom. The molecule has 2 aliphatic rings. The highest BCUT2D eigenvalue weighted by Crippen LogP contribution is 2.30. The lowest BCUT2D eigenvalue weighted by Crippen LogP contribution is -2.35. The van der Waals surface area contributed by atoms with Crippen molar-refractivity contribution in [2.45, 2.75) is 57.9 Å². The number of pyridine rings is 1. The van der Waals surface area contributed by atoms with Gasteiger partial charge < -0.3 is 18.8 Å². The van der Waals surface area contributed by atoms with E-state index in [2.05, 4.69) is 9.47 Å². The minimum absolute atomic E-state index is 0.00410. The zero-order valence-corrected chi connectivity index (χ0v) is 24.4. The maximum atomic E-state index is 14.7. The van der Waals surface area contributed by atoms with Gasteiger partial charge in [-0.15, -0.1) is 0 Å². The van der Waals surface area contributed by atoms with Crippen molar-refractivity contribution in [1.29, 1.82) is 0 Å². The minimum atomic E-state index is -0.545. The Labute approximate surface area is 249 Å². The third-order valence-electron chi connectivity index (χ3n) is 8.38. The number of fused-ring (bicyclic) bond motifs is 1. The number of carbonyl (C=O) groups is 2. The molecule has 0 unspecified atom stereocenters. The highest BCUT2D eigenvalue weighted by molar-refractivity contribution is 5.94. The quantitative estimate of drug-likeness (QED) is 0.182. The summed E-state index contributed by atoms with van der Waals surface area (Å²) in [5.41, 5.74) is 3.62. The number of esters is 1. The number of Topliss-reactive ketones (excluding diaryl/α,β-unsaturated/α-hetero) is 1. The van der Waals surface area contributed by atoms with Crippen molar-refractivity contribution in [1.82, 2.24) is 19.4 Å². The molecular formula is C33H35FN4O5. The summed E-state index contributed by atoms with van der Waals surface area (Å²) in [4.78, 5) is 35.9. The first-order valence-corrected chi connectivity index (χ1v) is 14.7. The number of likely N-dealkylation sites (tertiary alicyclic amines) is 1. The molecule has 0 amide bonds. The van der Waals surface area contributed by atoms with E-state index in [9.17, 15) is 14.0 Å². The van der Waals surface area contributed by atoms with Gasteiger partial charge in [0, 0.05) is 29.8 Å². The fourth-order valence-corrected chi connectivity index (χ4v) is 5.81. The van der Waals surface area contributed by atoms with Gasteiger partial charge in [0.25, 0.3) is 0 Å². The SMILES string of the molecule is COC(=O)c1ccc2nc(CN3CCC(c4cccc(OCc5cccc(C(C)=O)c5F)n4)CC3)n(C[C@@H]3CCO3)c2c1. The van der Waals surface area contributed by atoms with E-state index in [1.165, 1.54) is 20.1 Å². The van der Waals surface area contributed by atoms with Gasteiger partial charge in [-0.3, -0.25) is 9.69 Å². The molecule has 0 bridgehead atoms. The predicted octanol–water partition coefficient (Wildman–Crippen LogP) is 5.31. The van der Waals surface area contributed by atoms with Crippen LogP contribution < -0.4 is 4.74 Å². The second-order valence-electron chi connectivity index (χ2n) is 11.2. The van der Waals surface area contributed by atoms with Crippen LogP contribution in [0.4, 0.5) is 4.39 Å². The zero-order chi connectivity index (χ0) is 29.9. The lowest BCUT2D eigenvalue weighted by atomic mass is 9.93. The molecule has 2 aliphatic heterocycles. The Hall–Kier alpha value is -4.15. The molecule has 6 rings (SSSR count). The number of ketones is 1. The van der Waals surface area contributed by atoms with Crippen molar-refractivity contribution >= 4 is 22.8 Å². The molecule has 0 radical (unpaired) electrons. The maximum absolute atomic E-state index is 14.7. The number of ether oxygens (including phenoxy) is 3. The summed E-state index contributed by atoms with van der Waals surface area (Å²) in [5, 5.41) is 0. The number of aromatic nitrogens is 3. The van der Waals surface area contributed by atoms with Crippen molar-refractivity contribution in [3.63, 3.8) is 0 Å². The van der Waals surface area contributed by atoms with Crippen LogP contribution in [0.1, 0.15) is 69.9 Å². The number of methoxy groups -OCH3 is 1. The lowest BCUT2D eigenvalue weighted by molar-refractivity contribution is -0.0592. The first-order valence-electron chi connectivity index (χ1n) is 14.7. The number of hydrogen-bond donors (Lipinski definition) is 0. The Bertz CT molecular complexity index is 1640. The Balaban J connectivity index is 1.11. The first kappa shape index (κ1) is 28.9. The van der Waals surface area contributed by atoms with Crippen molar-refractivity contribution < 1.29 is 28.2 Å². The van der Waals surface area contributed by atoms with Gasteiger partial charge in [0.15, 0.2) is 5.78 Å². The van der Waals surface area contributed by atoms with Crippen LogP contribution in [0.3, 0.4) is 0 Å². The van der Waals surface area contributed by atoms with Crippen molar-refractivity contribution in [3.05, 3.63) is 88.6 Å². The van der Waals surface area contributed by atoms with E-state index in [4.69, 9.17) is 24.2 Å². The molecule has 4 heterocycles. The molecular weight excluding hydrogens is 551 g/mol. The fraction of sp³-hybridized carbons (Fsp3) is 0.394. The van der Waals surface area contributed by atoms with Crippen LogP contribution in [0, 0.1) is 5.82 Å². The van der Waals surface area contributed by atoms with E-state index in [1.807, 2.05) is 24.3 Å². The summed E-state index contributed by atoms with van der Waals surface area (Å²) in [7, 11) is 1.39. The van der Waals surface area contributed by atoms with Crippen LogP contribution in [-0.4, -0.2) is 64.1 Å². The van der Waals surface area contributed by atoms with E-state index in [0.29, 0.717) is 30.1 Å². The standard InChI is InChI=1S/C33H35FN4O5/c1-21(39)26-6-3-5-24(32(26)34)20-43-31-8-4-7-27(36-31)22-11-14-37(15-12-22)19-30-35-28-10-9-23(33(40)41-2)17-29(28)38(30)18-25-13-16-42-25/h3-10,17,22,25H,11-16,18-20H2,1-2H3/t25-/m0/s1. The van der Waals surface area contributed by atoms with Crippen molar-refractivity contribution in [2.24, 2.45) is 0 Å². The molecule has 2 saturated heterocycles. The lowest BCUT2D eigenvalue weighted by Gasteiger charge is -2.32. The smallest absolute Gasteiger partial charge is 0.337 e. The Morgan fingerprint density at radius 2 is 1.84 bits per heavy atom. The van der Waals surface area contributed by atoms with Gasteiger partial charge in [-0.2, -0.15) is 0 Å². The number of halogens is 1. The van der Waals surface area contributed by atoms with Crippen LogP contribution in [0.5, 0.6) is 5.88 Å². The molecule has 43 heavy (non-hydrogen) atoms. The summed E-state index contributed by atoms with van der Waals surface area (Å²) in [5.74, 6) is 0.448. The molecule has 2 fully saturated rings. The van der Waals surface area contributed by atoms with Gasteiger partial charge in [0.2, 0.25) is 5.88 Å². The monoisotopic (exact) mass is 586 g/mol. The molecule has 0 aliphatic carbocycles. The Kier molecular flexibility index (Phi) is 8.49. The van der Waals surface area contributed by atoms with E-state index in [-0.39, 0.29) is 35.9 Å². The number of imidazole rings is 1. The van der Waals surface area contributed by atoms with Crippen LogP contribution in [0.25, 0.3) is 11.0 Å². The second kappa shape index (κ2) is 12.6. The normalized spacial score (nSPS) is 17.5. The third kappa shape index (κ3) is 6.30. The van der Waals surface area contributed by atoms with Crippen molar-refractivity contribution in [2.75, 3.05) is 26.8 Å². The van der Waals surface area contributed by atoms with Crippen LogP contribution in [0.15, 0.2) is 54.6 Å². The average Bonchev–Trinajstić information content (AvgIpc) is 3.34. The molecule has 2 aromatic carbocycles. The zero-order valence-electron chi connectivity index (χ0n) is 24.4. The topological polar surface area (TPSA) is 95.8 Å². The number of rotatable bonds is 10. The highest BCUT2D eigenvalue weighted by atomic mass is 19.1. The van der Waals surface area contributed by atoms with E-state index in [0.717, 1.165) is 61.5 Å². The highest BCUT2D eigenvalue weighted by Gasteiger charge is 2.26.